The van der Waals surface area contributed by atoms with Gasteiger partial charge >= 0.3 is 0 Å². The van der Waals surface area contributed by atoms with Crippen LogP contribution in [-0.2, 0) is 6.61 Å². The summed E-state index contributed by atoms with van der Waals surface area (Å²) in [5, 5.41) is 0. The molecule has 0 radical (unpaired) electrons. The van der Waals surface area contributed by atoms with Crippen LogP contribution < -0.4 is 10.5 Å². The lowest BCUT2D eigenvalue weighted by Gasteiger charge is -2.07. The molecule has 0 aliphatic carbocycles. The van der Waals surface area contributed by atoms with Crippen molar-refractivity contribution >= 4 is 28.3 Å². The highest BCUT2D eigenvalue weighted by atomic mass is 127. The van der Waals surface area contributed by atoms with Gasteiger partial charge in [0.25, 0.3) is 0 Å². The summed E-state index contributed by atoms with van der Waals surface area (Å²) in [4.78, 5) is 8.06. The summed E-state index contributed by atoms with van der Waals surface area (Å²) < 4.78 is 6.50. The van der Waals surface area contributed by atoms with E-state index >= 15 is 0 Å². The highest BCUT2D eigenvalue weighted by molar-refractivity contribution is 14.1. The molecule has 0 amide bonds. The van der Waals surface area contributed by atoms with Crippen molar-refractivity contribution < 1.29 is 4.74 Å². The Bertz CT molecular complexity index is 476. The average molecular weight is 327 g/mol. The number of rotatable bonds is 3. The summed E-state index contributed by atoms with van der Waals surface area (Å²) in [5.41, 5.74) is 7.37. The molecule has 0 aliphatic heterocycles. The van der Waals surface area contributed by atoms with Gasteiger partial charge < -0.3 is 10.5 Å². The van der Waals surface area contributed by atoms with Gasteiger partial charge in [-0.1, -0.05) is 0 Å². The fraction of sp³-hybridized carbons (Fsp3) is 0.0909. The molecular formula is C11H10IN3O. The van der Waals surface area contributed by atoms with Crippen LogP contribution in [0.15, 0.2) is 36.8 Å². The van der Waals surface area contributed by atoms with E-state index in [2.05, 4.69) is 32.6 Å². The van der Waals surface area contributed by atoms with Gasteiger partial charge in [-0.15, -0.1) is 0 Å². The van der Waals surface area contributed by atoms with Crippen molar-refractivity contribution in [1.29, 1.82) is 0 Å². The van der Waals surface area contributed by atoms with Crippen LogP contribution in [0.4, 0.5) is 5.69 Å². The number of hydrogen-bond donors (Lipinski definition) is 1. The predicted octanol–water partition coefficient (Wildman–Crippen LogP) is 2.24. The van der Waals surface area contributed by atoms with Gasteiger partial charge in [0.1, 0.15) is 6.61 Å². The van der Waals surface area contributed by atoms with E-state index in [9.17, 15) is 0 Å². The lowest BCUT2D eigenvalue weighted by molar-refractivity contribution is 0.295. The predicted molar refractivity (Wildman–Crippen MR) is 69.9 cm³/mol. The molecule has 0 saturated carbocycles. The molecule has 0 fully saturated rings. The SMILES string of the molecule is Nc1cc(I)cnc1OCc1ccncc1. The number of halogens is 1. The molecule has 5 heteroatoms. The van der Waals surface area contributed by atoms with E-state index in [1.165, 1.54) is 0 Å². The average Bonchev–Trinajstić information content (AvgIpc) is 2.29. The third-order valence-corrected chi connectivity index (χ3v) is 2.56. The number of pyridine rings is 2. The van der Waals surface area contributed by atoms with Crippen molar-refractivity contribution in [2.75, 3.05) is 5.73 Å². The quantitative estimate of drug-likeness (QED) is 0.879. The number of nitrogen functional groups attached to an aromatic ring is 1. The monoisotopic (exact) mass is 327 g/mol. The zero-order chi connectivity index (χ0) is 11.4. The Balaban J connectivity index is 2.05. The summed E-state index contributed by atoms with van der Waals surface area (Å²) >= 11 is 2.16. The van der Waals surface area contributed by atoms with Crippen molar-refractivity contribution in [2.45, 2.75) is 6.61 Å². The molecule has 0 aliphatic rings. The minimum absolute atomic E-state index is 0.445. The van der Waals surface area contributed by atoms with Crippen molar-refractivity contribution in [3.8, 4) is 5.88 Å². The molecule has 0 atom stereocenters. The van der Waals surface area contributed by atoms with Crippen LogP contribution >= 0.6 is 22.6 Å². The van der Waals surface area contributed by atoms with E-state index in [1.807, 2.05) is 18.2 Å². The van der Waals surface area contributed by atoms with Crippen molar-refractivity contribution in [3.05, 3.63) is 45.9 Å². The van der Waals surface area contributed by atoms with E-state index in [1.54, 1.807) is 18.6 Å². The smallest absolute Gasteiger partial charge is 0.237 e. The normalized spacial score (nSPS) is 10.1. The van der Waals surface area contributed by atoms with Gasteiger partial charge in [-0.2, -0.15) is 0 Å². The number of aromatic nitrogens is 2. The fourth-order valence-corrected chi connectivity index (χ4v) is 1.67. The van der Waals surface area contributed by atoms with Crippen LogP contribution in [0.5, 0.6) is 5.88 Å². The first kappa shape index (κ1) is 11.1. The second-order valence-corrected chi connectivity index (χ2v) is 4.44. The van der Waals surface area contributed by atoms with Crippen molar-refractivity contribution in [2.24, 2.45) is 0 Å². The Kier molecular flexibility index (Phi) is 3.55. The minimum atomic E-state index is 0.445. The van der Waals surface area contributed by atoms with Crippen molar-refractivity contribution in [3.63, 3.8) is 0 Å². The van der Waals surface area contributed by atoms with E-state index in [4.69, 9.17) is 10.5 Å². The summed E-state index contributed by atoms with van der Waals surface area (Å²) in [6.07, 6.45) is 5.17. The minimum Gasteiger partial charge on any atom is -0.471 e. The summed E-state index contributed by atoms with van der Waals surface area (Å²) in [5.74, 6) is 0.470. The second-order valence-electron chi connectivity index (χ2n) is 3.19. The van der Waals surface area contributed by atoms with Gasteiger partial charge in [0.15, 0.2) is 0 Å². The third-order valence-electron chi connectivity index (χ3n) is 1.97. The van der Waals surface area contributed by atoms with Crippen LogP contribution in [0.3, 0.4) is 0 Å². The Morgan fingerprint density at radius 2 is 2.06 bits per heavy atom. The van der Waals surface area contributed by atoms with Crippen molar-refractivity contribution in [1.82, 2.24) is 9.97 Å². The number of ether oxygens (including phenoxy) is 1. The van der Waals surface area contributed by atoms with E-state index in [0.717, 1.165) is 9.13 Å². The molecule has 0 aromatic carbocycles. The molecule has 0 saturated heterocycles. The molecule has 0 bridgehead atoms. The lowest BCUT2D eigenvalue weighted by atomic mass is 10.3. The highest BCUT2D eigenvalue weighted by Gasteiger charge is 2.02. The number of nitrogens with two attached hydrogens (primary N) is 1. The first-order valence-corrected chi connectivity index (χ1v) is 5.76. The largest absolute Gasteiger partial charge is 0.471 e. The molecule has 0 unspecified atom stereocenters. The number of anilines is 1. The summed E-state index contributed by atoms with van der Waals surface area (Å²) in [6, 6.07) is 5.61. The van der Waals surface area contributed by atoms with Crippen LogP contribution in [0.1, 0.15) is 5.56 Å². The Morgan fingerprint density at radius 1 is 1.31 bits per heavy atom. The highest BCUT2D eigenvalue weighted by Crippen LogP contribution is 2.20. The first-order valence-electron chi connectivity index (χ1n) is 4.68. The van der Waals surface area contributed by atoms with E-state index < -0.39 is 0 Å². The molecule has 2 heterocycles. The first-order chi connectivity index (χ1) is 7.75. The van der Waals surface area contributed by atoms with Gasteiger partial charge in [0, 0.05) is 22.2 Å². The van der Waals surface area contributed by atoms with Crippen LogP contribution in [0.2, 0.25) is 0 Å². The van der Waals surface area contributed by atoms with Crippen LogP contribution in [-0.4, -0.2) is 9.97 Å². The summed E-state index contributed by atoms with van der Waals surface area (Å²) in [6.45, 7) is 0.445. The maximum Gasteiger partial charge on any atom is 0.237 e. The second kappa shape index (κ2) is 5.11. The zero-order valence-electron chi connectivity index (χ0n) is 8.43. The Labute approximate surface area is 107 Å². The maximum atomic E-state index is 5.78. The molecule has 0 spiro atoms. The standard InChI is InChI=1S/C11H10IN3O/c12-9-5-10(13)11(15-6-9)16-7-8-1-3-14-4-2-8/h1-6H,7,13H2. The van der Waals surface area contributed by atoms with Gasteiger partial charge in [0.2, 0.25) is 5.88 Å². The molecule has 4 nitrogen and oxygen atoms in total. The molecule has 2 N–H and O–H groups in total. The number of hydrogen-bond acceptors (Lipinski definition) is 4. The Morgan fingerprint density at radius 3 is 2.75 bits per heavy atom. The molecule has 2 aromatic rings. The number of nitrogens with zero attached hydrogens (tertiary/aromatic N) is 2. The van der Waals surface area contributed by atoms with E-state index in [0.29, 0.717) is 18.2 Å². The molecule has 82 valence electrons. The third kappa shape index (κ3) is 2.82. The molecule has 2 rings (SSSR count). The van der Waals surface area contributed by atoms with Gasteiger partial charge in [0.05, 0.1) is 5.69 Å². The zero-order valence-corrected chi connectivity index (χ0v) is 10.6. The molecule has 16 heavy (non-hydrogen) atoms. The molecule has 2 aromatic heterocycles. The molecular weight excluding hydrogens is 317 g/mol. The lowest BCUT2D eigenvalue weighted by Crippen LogP contribution is -2.01. The van der Waals surface area contributed by atoms with Gasteiger partial charge in [-0.05, 0) is 46.4 Å². The Hall–Kier alpha value is -1.37. The van der Waals surface area contributed by atoms with Crippen LogP contribution in [0.25, 0.3) is 0 Å². The maximum absolute atomic E-state index is 5.78. The van der Waals surface area contributed by atoms with E-state index in [-0.39, 0.29) is 0 Å². The van der Waals surface area contributed by atoms with Gasteiger partial charge in [-0.3, -0.25) is 4.98 Å². The summed E-state index contributed by atoms with van der Waals surface area (Å²) in [7, 11) is 0. The topological polar surface area (TPSA) is 61.0 Å². The van der Waals surface area contributed by atoms with Gasteiger partial charge in [-0.25, -0.2) is 4.98 Å². The van der Waals surface area contributed by atoms with Crippen LogP contribution in [0, 0.1) is 3.57 Å². The fourth-order valence-electron chi connectivity index (χ4n) is 1.19.